The maximum Gasteiger partial charge on any atom is 0.329 e. The Balaban J connectivity index is 1.46. The Kier molecular flexibility index (Phi) is 14.6. The number of anilines is 1. The zero-order valence-electron chi connectivity index (χ0n) is 34.6. The number of fused-ring (bicyclic) bond motifs is 1. The molecule has 2 aromatic heterocycles. The van der Waals surface area contributed by atoms with Crippen molar-refractivity contribution in [3.8, 4) is 17.6 Å². The molecule has 0 aliphatic carbocycles. The number of benzene rings is 3. The third-order valence-electron chi connectivity index (χ3n) is 10.1. The molecule has 1 saturated heterocycles. The second-order valence-electron chi connectivity index (χ2n) is 14.7. The lowest BCUT2D eigenvalue weighted by molar-refractivity contribution is -0.0916. The van der Waals surface area contributed by atoms with E-state index in [-0.39, 0.29) is 55.3 Å². The van der Waals surface area contributed by atoms with Crippen molar-refractivity contribution in [3.63, 3.8) is 0 Å². The zero-order chi connectivity index (χ0) is 42.1. The zero-order valence-corrected chi connectivity index (χ0v) is 35.5. The van der Waals surface area contributed by atoms with Gasteiger partial charge in [-0.15, -0.1) is 0 Å². The third kappa shape index (κ3) is 9.55. The summed E-state index contributed by atoms with van der Waals surface area (Å²) in [6.07, 6.45) is -1.16. The standard InChI is InChI=1S/C43H54N7O8P/c1-8-24-45-41-47-39-38(40(51)48-41)46-42(52)49(39)37-26-35(58-59(56-25-12-23-44)50(28(2)3)29(4)5)36(57-37)27-55-43(30-13-10-9-11-14-30,31-15-19-33(53-6)20-16-31)32-17-21-34(54-7)22-18-32/h9-11,13-22,28-29,35-37H,8,12,24-27H2,1-7H3,(H,46,52)(H2,45,47,48,51)/t35-,36+,37+,59?/m0/s1. The minimum absolute atomic E-state index is 0.00668. The summed E-state index contributed by atoms with van der Waals surface area (Å²) in [5.41, 5.74) is 0.498. The summed E-state index contributed by atoms with van der Waals surface area (Å²) in [6.45, 7) is 11.0. The summed E-state index contributed by atoms with van der Waals surface area (Å²) in [5, 5.41) is 12.5. The van der Waals surface area contributed by atoms with Crippen molar-refractivity contribution in [1.29, 1.82) is 5.26 Å². The van der Waals surface area contributed by atoms with Crippen molar-refractivity contribution in [2.75, 3.05) is 39.3 Å². The molecule has 3 aromatic carbocycles. The monoisotopic (exact) mass is 827 g/mol. The summed E-state index contributed by atoms with van der Waals surface area (Å²) in [4.78, 5) is 37.0. The number of aromatic amines is 2. The smallest absolute Gasteiger partial charge is 0.329 e. The molecule has 0 spiro atoms. The van der Waals surface area contributed by atoms with Crippen molar-refractivity contribution in [2.24, 2.45) is 0 Å². The minimum Gasteiger partial charge on any atom is -0.497 e. The van der Waals surface area contributed by atoms with Crippen LogP contribution in [0, 0.1) is 11.3 Å². The molecule has 1 aliphatic rings. The molecule has 5 aromatic rings. The van der Waals surface area contributed by atoms with E-state index < -0.39 is 43.8 Å². The minimum atomic E-state index is -1.73. The fourth-order valence-electron chi connectivity index (χ4n) is 7.42. The molecule has 59 heavy (non-hydrogen) atoms. The first kappa shape index (κ1) is 43.5. The highest BCUT2D eigenvalue weighted by atomic mass is 31.2. The second-order valence-corrected chi connectivity index (χ2v) is 16.1. The van der Waals surface area contributed by atoms with Crippen LogP contribution in [-0.2, 0) is 24.1 Å². The van der Waals surface area contributed by atoms with E-state index in [1.807, 2.05) is 85.8 Å². The van der Waals surface area contributed by atoms with Crippen LogP contribution in [0.2, 0.25) is 0 Å². The number of nitriles is 1. The topological polar surface area (TPSA) is 178 Å². The molecule has 4 atom stereocenters. The van der Waals surface area contributed by atoms with Gasteiger partial charge in [0, 0.05) is 25.0 Å². The molecule has 1 fully saturated rings. The van der Waals surface area contributed by atoms with Gasteiger partial charge in [0.25, 0.3) is 14.1 Å². The van der Waals surface area contributed by atoms with Gasteiger partial charge in [-0.05, 0) is 75.1 Å². The molecule has 3 N–H and O–H groups in total. The summed E-state index contributed by atoms with van der Waals surface area (Å²) >= 11 is 0. The van der Waals surface area contributed by atoms with Crippen molar-refractivity contribution in [1.82, 2.24) is 24.2 Å². The van der Waals surface area contributed by atoms with E-state index in [0.29, 0.717) is 18.0 Å². The first-order valence-electron chi connectivity index (χ1n) is 19.9. The van der Waals surface area contributed by atoms with Crippen LogP contribution in [0.3, 0.4) is 0 Å². The van der Waals surface area contributed by atoms with Crippen LogP contribution in [0.25, 0.3) is 11.2 Å². The van der Waals surface area contributed by atoms with Crippen LogP contribution >= 0.6 is 8.53 Å². The van der Waals surface area contributed by atoms with Crippen LogP contribution in [0.15, 0.2) is 88.5 Å². The number of methoxy groups -OCH3 is 2. The van der Waals surface area contributed by atoms with Crippen LogP contribution in [-0.4, -0.2) is 82.5 Å². The molecule has 0 amide bonds. The molecule has 15 nitrogen and oxygen atoms in total. The quantitative estimate of drug-likeness (QED) is 0.0409. The maximum absolute atomic E-state index is 13.7. The Hall–Kier alpha value is -5.07. The first-order valence-corrected chi connectivity index (χ1v) is 21.0. The van der Waals surface area contributed by atoms with Gasteiger partial charge < -0.3 is 33.3 Å². The molecule has 314 valence electrons. The average Bonchev–Trinajstić information content (AvgIpc) is 3.79. The normalized spacial score (nSPS) is 17.5. The van der Waals surface area contributed by atoms with Crippen LogP contribution in [0.1, 0.15) is 76.8 Å². The molecule has 1 unspecified atom stereocenters. The number of aromatic nitrogens is 4. The van der Waals surface area contributed by atoms with E-state index in [2.05, 4.69) is 58.7 Å². The number of hydrogen-bond donors (Lipinski definition) is 3. The lowest BCUT2D eigenvalue weighted by atomic mass is 9.80. The van der Waals surface area contributed by atoms with Gasteiger partial charge in [-0.1, -0.05) is 61.5 Å². The number of nitrogens with one attached hydrogen (secondary N) is 3. The van der Waals surface area contributed by atoms with Gasteiger partial charge in [-0.3, -0.25) is 14.8 Å². The molecule has 1 aliphatic heterocycles. The summed E-state index contributed by atoms with van der Waals surface area (Å²) in [6, 6.07) is 27.7. The van der Waals surface area contributed by atoms with E-state index in [9.17, 15) is 14.9 Å². The van der Waals surface area contributed by atoms with Gasteiger partial charge in [-0.25, -0.2) is 14.0 Å². The van der Waals surface area contributed by atoms with E-state index in [0.717, 1.165) is 23.1 Å². The molecule has 0 radical (unpaired) electrons. The van der Waals surface area contributed by atoms with Crippen molar-refractivity contribution >= 4 is 25.6 Å². The Morgan fingerprint density at radius 3 is 2.12 bits per heavy atom. The fourth-order valence-corrected chi connectivity index (χ4v) is 9.18. The van der Waals surface area contributed by atoms with Gasteiger partial charge in [0.15, 0.2) is 11.2 Å². The Labute approximate surface area is 345 Å². The predicted octanol–water partition coefficient (Wildman–Crippen LogP) is 7.21. The van der Waals surface area contributed by atoms with E-state index in [4.69, 9.17) is 28.0 Å². The summed E-state index contributed by atoms with van der Waals surface area (Å²) in [7, 11) is 1.52. The number of nitrogens with zero attached hydrogens (tertiary/aromatic N) is 4. The van der Waals surface area contributed by atoms with Gasteiger partial charge in [0.2, 0.25) is 5.95 Å². The molecular formula is C43H54N7O8P. The predicted molar refractivity (Wildman–Crippen MR) is 227 cm³/mol. The van der Waals surface area contributed by atoms with Gasteiger partial charge in [-0.2, -0.15) is 10.2 Å². The molecule has 0 bridgehead atoms. The maximum atomic E-state index is 13.7. The molecule has 0 saturated carbocycles. The Morgan fingerprint density at radius 2 is 1.56 bits per heavy atom. The highest BCUT2D eigenvalue weighted by molar-refractivity contribution is 7.44. The lowest BCUT2D eigenvalue weighted by Gasteiger charge is -2.39. The molecule has 16 heteroatoms. The van der Waals surface area contributed by atoms with E-state index >= 15 is 0 Å². The molecular weight excluding hydrogens is 773 g/mol. The van der Waals surface area contributed by atoms with Gasteiger partial charge in [0.1, 0.15) is 29.4 Å². The largest absolute Gasteiger partial charge is 0.497 e. The number of hydrogen-bond acceptors (Lipinski definition) is 12. The molecule has 6 rings (SSSR count). The summed E-state index contributed by atoms with van der Waals surface area (Å²) < 4.78 is 42.0. The van der Waals surface area contributed by atoms with E-state index in [1.165, 1.54) is 4.57 Å². The second kappa shape index (κ2) is 19.8. The van der Waals surface area contributed by atoms with Crippen LogP contribution in [0.5, 0.6) is 11.5 Å². The molecule has 3 heterocycles. The fraction of sp³-hybridized carbons (Fsp3) is 0.442. The van der Waals surface area contributed by atoms with Crippen molar-refractivity contribution in [3.05, 3.63) is 116 Å². The highest BCUT2D eigenvalue weighted by Gasteiger charge is 2.45. The van der Waals surface area contributed by atoms with E-state index in [1.54, 1.807) is 14.2 Å². The van der Waals surface area contributed by atoms with Gasteiger partial charge in [0.05, 0.1) is 46.0 Å². The third-order valence-corrected chi connectivity index (χ3v) is 12.3. The Morgan fingerprint density at radius 1 is 0.949 bits per heavy atom. The van der Waals surface area contributed by atoms with Crippen LogP contribution in [0.4, 0.5) is 5.95 Å². The number of imidazole rings is 1. The van der Waals surface area contributed by atoms with Crippen LogP contribution < -0.4 is 26.0 Å². The SMILES string of the molecule is CCCNc1nc2c([nH]c(=O)n2[C@H]2C[C@H](OP(OCCC#N)N(C(C)C)C(C)C)[C@@H](COC(c3ccccc3)(c3ccc(OC)cc3)c3ccc(OC)cc3)O2)c(=O)[nH]1. The first-order chi connectivity index (χ1) is 28.5. The number of ether oxygens (including phenoxy) is 4. The van der Waals surface area contributed by atoms with Crippen molar-refractivity contribution in [2.45, 2.75) is 90.0 Å². The number of rotatable bonds is 20. The highest BCUT2D eigenvalue weighted by Crippen LogP contribution is 2.51. The number of H-pyrrole nitrogens is 2. The van der Waals surface area contributed by atoms with Crippen molar-refractivity contribution < 1.29 is 28.0 Å². The van der Waals surface area contributed by atoms with Gasteiger partial charge >= 0.3 is 5.69 Å². The average molecular weight is 828 g/mol. The lowest BCUT2D eigenvalue weighted by Crippen LogP contribution is -2.39. The Bertz CT molecular complexity index is 2220. The summed E-state index contributed by atoms with van der Waals surface area (Å²) in [5.74, 6) is 1.62.